The molecule has 0 spiro atoms. The maximum Gasteiger partial charge on any atom is 0.254 e. The number of aliphatic imine (C=N–C) groups is 1. The molecule has 1 atom stereocenters. The number of carbonyl (C=O) groups excluding carboxylic acids is 1. The van der Waals surface area contributed by atoms with Crippen molar-refractivity contribution in [2.45, 2.75) is 6.92 Å². The standard InChI is InChI=1S/C17H15BrN4O/c1-11-9-15(20-10-13-3-2-8-19-17(13)23)22-16(21-11)12-4-6-14(18)7-5-12/h2-9,13H,10H2,1H3,(H,20,21,22). The fourth-order valence-electron chi connectivity index (χ4n) is 2.24. The number of hydrogen-bond acceptors (Lipinski definition) is 4. The number of aromatic nitrogens is 2. The zero-order valence-corrected chi connectivity index (χ0v) is 14.1. The minimum atomic E-state index is -0.258. The third kappa shape index (κ3) is 3.90. The van der Waals surface area contributed by atoms with Crippen LogP contribution in [0.2, 0.25) is 0 Å². The highest BCUT2D eigenvalue weighted by atomic mass is 79.9. The number of dihydropyridines is 1. The fraction of sp³-hybridized carbons (Fsp3) is 0.176. The molecule has 1 N–H and O–H groups in total. The lowest BCUT2D eigenvalue weighted by molar-refractivity contribution is -0.119. The number of allylic oxidation sites excluding steroid dienone is 1. The Morgan fingerprint density at radius 2 is 2.00 bits per heavy atom. The number of amides is 1. The van der Waals surface area contributed by atoms with Gasteiger partial charge in [-0.2, -0.15) is 0 Å². The summed E-state index contributed by atoms with van der Waals surface area (Å²) in [6.07, 6.45) is 5.14. The van der Waals surface area contributed by atoms with E-state index >= 15 is 0 Å². The van der Waals surface area contributed by atoms with Gasteiger partial charge in [0.15, 0.2) is 5.82 Å². The lowest BCUT2D eigenvalue weighted by Crippen LogP contribution is -2.22. The molecule has 1 aliphatic heterocycles. The van der Waals surface area contributed by atoms with Gasteiger partial charge < -0.3 is 5.32 Å². The van der Waals surface area contributed by atoms with Gasteiger partial charge in [-0.3, -0.25) is 4.79 Å². The van der Waals surface area contributed by atoms with Crippen molar-refractivity contribution in [3.63, 3.8) is 0 Å². The van der Waals surface area contributed by atoms with Crippen molar-refractivity contribution in [1.82, 2.24) is 9.97 Å². The van der Waals surface area contributed by atoms with Crippen LogP contribution in [0.5, 0.6) is 0 Å². The summed E-state index contributed by atoms with van der Waals surface area (Å²) in [5, 5.41) is 3.20. The van der Waals surface area contributed by atoms with Crippen LogP contribution in [0.15, 0.2) is 51.9 Å². The predicted octanol–water partition coefficient (Wildman–Crippen LogP) is 3.41. The number of anilines is 1. The Morgan fingerprint density at radius 3 is 2.74 bits per heavy atom. The second-order valence-electron chi connectivity index (χ2n) is 5.21. The SMILES string of the molecule is Cc1cc(NCC2C=CC=NC2=O)nc(-c2ccc(Br)cc2)n1. The number of hydrogen-bond donors (Lipinski definition) is 1. The van der Waals surface area contributed by atoms with E-state index in [4.69, 9.17) is 0 Å². The summed E-state index contributed by atoms with van der Waals surface area (Å²) in [5.74, 6) is 0.958. The first-order chi connectivity index (χ1) is 11.1. The molecule has 5 nitrogen and oxygen atoms in total. The summed E-state index contributed by atoms with van der Waals surface area (Å²) in [5.41, 5.74) is 1.81. The molecule has 6 heteroatoms. The molecule has 0 bridgehead atoms. The number of benzene rings is 1. The number of rotatable bonds is 4. The molecule has 1 aromatic heterocycles. The minimum absolute atomic E-state index is 0.140. The summed E-state index contributed by atoms with van der Waals surface area (Å²) >= 11 is 3.42. The van der Waals surface area contributed by atoms with Gasteiger partial charge in [0.05, 0.1) is 5.92 Å². The van der Waals surface area contributed by atoms with Gasteiger partial charge in [0.2, 0.25) is 0 Å². The highest BCUT2D eigenvalue weighted by Gasteiger charge is 2.16. The first-order valence-corrected chi connectivity index (χ1v) is 8.01. The molecule has 116 valence electrons. The Kier molecular flexibility index (Phi) is 4.62. The lowest BCUT2D eigenvalue weighted by atomic mass is 10.1. The number of aryl methyl sites for hydroxylation is 1. The molecule has 23 heavy (non-hydrogen) atoms. The Hall–Kier alpha value is -2.34. The summed E-state index contributed by atoms with van der Waals surface area (Å²) < 4.78 is 1.01. The molecule has 0 aliphatic carbocycles. The van der Waals surface area contributed by atoms with Crippen molar-refractivity contribution < 1.29 is 4.79 Å². The third-order valence-corrected chi connectivity index (χ3v) is 3.94. The van der Waals surface area contributed by atoms with Crippen LogP contribution in [-0.2, 0) is 4.79 Å². The smallest absolute Gasteiger partial charge is 0.254 e. The van der Waals surface area contributed by atoms with Crippen LogP contribution < -0.4 is 5.32 Å². The molecular formula is C17H15BrN4O. The van der Waals surface area contributed by atoms with Gasteiger partial charge in [0.1, 0.15) is 5.82 Å². The molecular weight excluding hydrogens is 356 g/mol. The average molecular weight is 371 g/mol. The van der Waals surface area contributed by atoms with E-state index in [9.17, 15) is 4.79 Å². The van der Waals surface area contributed by atoms with Crippen LogP contribution in [0.4, 0.5) is 5.82 Å². The van der Waals surface area contributed by atoms with Crippen LogP contribution in [0.25, 0.3) is 11.4 Å². The zero-order valence-electron chi connectivity index (χ0n) is 12.5. The van der Waals surface area contributed by atoms with Crippen LogP contribution in [-0.4, -0.2) is 28.6 Å². The summed E-state index contributed by atoms with van der Waals surface area (Å²) in [6.45, 7) is 2.38. The third-order valence-electron chi connectivity index (χ3n) is 3.41. The van der Waals surface area contributed by atoms with Crippen molar-refractivity contribution in [3.05, 3.63) is 52.7 Å². The monoisotopic (exact) mass is 370 g/mol. The van der Waals surface area contributed by atoms with Gasteiger partial charge in [-0.05, 0) is 25.1 Å². The van der Waals surface area contributed by atoms with Gasteiger partial charge in [0.25, 0.3) is 5.91 Å². The van der Waals surface area contributed by atoms with E-state index < -0.39 is 0 Å². The Labute approximate surface area is 142 Å². The molecule has 0 radical (unpaired) electrons. The van der Waals surface area contributed by atoms with Crippen molar-refractivity contribution in [2.24, 2.45) is 10.9 Å². The Bertz CT molecular complexity index is 784. The minimum Gasteiger partial charge on any atom is -0.369 e. The van der Waals surface area contributed by atoms with Gasteiger partial charge in [-0.15, -0.1) is 0 Å². The van der Waals surface area contributed by atoms with Gasteiger partial charge in [-0.1, -0.05) is 34.1 Å². The molecule has 1 unspecified atom stereocenters. The quantitative estimate of drug-likeness (QED) is 0.895. The second-order valence-corrected chi connectivity index (χ2v) is 6.13. The first-order valence-electron chi connectivity index (χ1n) is 7.22. The van der Waals surface area contributed by atoms with Crippen LogP contribution in [0.3, 0.4) is 0 Å². The van der Waals surface area contributed by atoms with Gasteiger partial charge >= 0.3 is 0 Å². The predicted molar refractivity (Wildman–Crippen MR) is 94.5 cm³/mol. The largest absolute Gasteiger partial charge is 0.369 e. The van der Waals surface area contributed by atoms with E-state index in [1.807, 2.05) is 43.3 Å². The van der Waals surface area contributed by atoms with Gasteiger partial charge in [-0.25, -0.2) is 15.0 Å². The van der Waals surface area contributed by atoms with E-state index in [-0.39, 0.29) is 11.8 Å². The number of nitrogens with zero attached hydrogens (tertiary/aromatic N) is 3. The van der Waals surface area contributed by atoms with E-state index in [1.165, 1.54) is 6.21 Å². The van der Waals surface area contributed by atoms with E-state index in [0.29, 0.717) is 18.2 Å². The molecule has 1 amide bonds. The molecule has 0 saturated carbocycles. The number of carbonyl (C=O) groups is 1. The van der Waals surface area contributed by atoms with E-state index in [1.54, 1.807) is 6.08 Å². The van der Waals surface area contributed by atoms with Crippen molar-refractivity contribution >= 4 is 33.9 Å². The molecule has 3 rings (SSSR count). The summed E-state index contributed by atoms with van der Waals surface area (Å²) in [6, 6.07) is 9.70. The maximum atomic E-state index is 11.7. The molecule has 2 heterocycles. The first kappa shape index (κ1) is 15.6. The van der Waals surface area contributed by atoms with Crippen LogP contribution in [0, 0.1) is 12.8 Å². The molecule has 0 saturated heterocycles. The molecule has 0 fully saturated rings. The summed E-state index contributed by atoms with van der Waals surface area (Å²) in [7, 11) is 0. The Balaban J connectivity index is 1.78. The molecule has 1 aromatic carbocycles. The number of halogens is 1. The van der Waals surface area contributed by atoms with Crippen molar-refractivity contribution in [2.75, 3.05) is 11.9 Å². The summed E-state index contributed by atoms with van der Waals surface area (Å²) in [4.78, 5) is 24.5. The van der Waals surface area contributed by atoms with Crippen molar-refractivity contribution in [3.8, 4) is 11.4 Å². The van der Waals surface area contributed by atoms with E-state index in [2.05, 4.69) is 36.2 Å². The Morgan fingerprint density at radius 1 is 1.22 bits per heavy atom. The second kappa shape index (κ2) is 6.83. The molecule has 2 aromatic rings. The normalized spacial score (nSPS) is 16.6. The van der Waals surface area contributed by atoms with Crippen LogP contribution >= 0.6 is 15.9 Å². The lowest BCUT2D eigenvalue weighted by Gasteiger charge is -2.13. The van der Waals surface area contributed by atoms with E-state index in [0.717, 1.165) is 15.7 Å². The maximum absolute atomic E-state index is 11.7. The fourth-order valence-corrected chi connectivity index (χ4v) is 2.50. The molecule has 1 aliphatic rings. The topological polar surface area (TPSA) is 67.2 Å². The zero-order chi connectivity index (χ0) is 16.2. The average Bonchev–Trinajstić information content (AvgIpc) is 2.54. The van der Waals surface area contributed by atoms with Crippen molar-refractivity contribution in [1.29, 1.82) is 0 Å². The highest BCUT2D eigenvalue weighted by molar-refractivity contribution is 9.10. The number of nitrogens with one attached hydrogen (secondary N) is 1. The highest BCUT2D eigenvalue weighted by Crippen LogP contribution is 2.20. The van der Waals surface area contributed by atoms with Crippen LogP contribution in [0.1, 0.15) is 5.69 Å². The van der Waals surface area contributed by atoms with Gasteiger partial charge in [0, 0.05) is 34.6 Å².